The predicted octanol–water partition coefficient (Wildman–Crippen LogP) is 1.56. The molecular formula is C14H20ClN3O2S. The molecule has 21 heavy (non-hydrogen) atoms. The topological polar surface area (TPSA) is 75.4 Å². The summed E-state index contributed by atoms with van der Waals surface area (Å²) in [5, 5.41) is 1.62. The standard InChI is InChI=1S/C14H19N3O2S.ClH/c1-17(2)13-7-3-6-12-11(13)5-4-8-14(12)20(18,19)16-10-9-15;/h3-8,16H,9-10,15H2,1-2H3;1H. The third kappa shape index (κ3) is 3.65. The van der Waals surface area contributed by atoms with Crippen molar-refractivity contribution < 1.29 is 8.42 Å². The van der Waals surface area contributed by atoms with Gasteiger partial charge >= 0.3 is 0 Å². The van der Waals surface area contributed by atoms with Crippen LogP contribution in [0.1, 0.15) is 0 Å². The van der Waals surface area contributed by atoms with Crippen LogP contribution in [-0.2, 0) is 10.0 Å². The number of nitrogens with zero attached hydrogens (tertiary/aromatic N) is 1. The van der Waals surface area contributed by atoms with Crippen LogP contribution in [-0.4, -0.2) is 35.6 Å². The molecule has 0 bridgehead atoms. The molecule has 2 rings (SSSR count). The zero-order chi connectivity index (χ0) is 14.8. The van der Waals surface area contributed by atoms with Crippen molar-refractivity contribution >= 4 is 38.9 Å². The Kier molecular flexibility index (Phi) is 5.98. The van der Waals surface area contributed by atoms with E-state index in [2.05, 4.69) is 4.72 Å². The molecule has 0 radical (unpaired) electrons. The van der Waals surface area contributed by atoms with Crippen LogP contribution in [0.3, 0.4) is 0 Å². The number of nitrogens with two attached hydrogens (primary N) is 1. The fraction of sp³-hybridized carbons (Fsp3) is 0.286. The predicted molar refractivity (Wildman–Crippen MR) is 89.8 cm³/mol. The fourth-order valence-electron chi connectivity index (χ4n) is 2.16. The lowest BCUT2D eigenvalue weighted by atomic mass is 10.1. The van der Waals surface area contributed by atoms with E-state index in [-0.39, 0.29) is 30.4 Å². The number of fused-ring (bicyclic) bond motifs is 1. The number of benzene rings is 2. The summed E-state index contributed by atoms with van der Waals surface area (Å²) in [6.45, 7) is 0.499. The summed E-state index contributed by atoms with van der Waals surface area (Å²) in [7, 11) is 0.326. The second-order valence-corrected chi connectivity index (χ2v) is 6.44. The number of rotatable bonds is 5. The zero-order valence-corrected chi connectivity index (χ0v) is 13.7. The lowest BCUT2D eigenvalue weighted by molar-refractivity contribution is 0.583. The molecule has 3 N–H and O–H groups in total. The minimum atomic E-state index is -3.54. The normalized spacial score (nSPS) is 11.2. The van der Waals surface area contributed by atoms with Crippen LogP contribution >= 0.6 is 12.4 Å². The van der Waals surface area contributed by atoms with Gasteiger partial charge in [0.2, 0.25) is 10.0 Å². The molecule has 0 saturated heterocycles. The highest BCUT2D eigenvalue weighted by Gasteiger charge is 2.17. The summed E-state index contributed by atoms with van der Waals surface area (Å²) in [4.78, 5) is 2.25. The van der Waals surface area contributed by atoms with Crippen LogP contribution in [0.5, 0.6) is 0 Å². The van der Waals surface area contributed by atoms with Crippen LogP contribution in [0.4, 0.5) is 5.69 Å². The lowest BCUT2D eigenvalue weighted by Gasteiger charge is -2.17. The van der Waals surface area contributed by atoms with Gasteiger partial charge < -0.3 is 10.6 Å². The first-order valence-electron chi connectivity index (χ1n) is 6.36. The van der Waals surface area contributed by atoms with Crippen molar-refractivity contribution in [1.82, 2.24) is 4.72 Å². The van der Waals surface area contributed by atoms with Gasteiger partial charge in [-0.1, -0.05) is 24.3 Å². The first kappa shape index (κ1) is 17.7. The van der Waals surface area contributed by atoms with Gasteiger partial charge in [0.1, 0.15) is 0 Å². The number of sulfonamides is 1. The van der Waals surface area contributed by atoms with Crippen LogP contribution in [0.25, 0.3) is 10.8 Å². The molecule has 0 atom stereocenters. The second-order valence-electron chi connectivity index (χ2n) is 4.71. The smallest absolute Gasteiger partial charge is 0.241 e. The number of nitrogens with one attached hydrogen (secondary N) is 1. The van der Waals surface area contributed by atoms with E-state index < -0.39 is 10.0 Å². The maximum absolute atomic E-state index is 12.3. The number of halogens is 1. The van der Waals surface area contributed by atoms with Crippen LogP contribution in [0, 0.1) is 0 Å². The first-order chi connectivity index (χ1) is 9.47. The van der Waals surface area contributed by atoms with E-state index in [1.54, 1.807) is 12.1 Å². The fourth-order valence-corrected chi connectivity index (χ4v) is 3.43. The maximum atomic E-state index is 12.3. The molecule has 2 aromatic rings. The van der Waals surface area contributed by atoms with E-state index in [9.17, 15) is 8.42 Å². The molecule has 0 unspecified atom stereocenters. The van der Waals surface area contributed by atoms with E-state index in [0.717, 1.165) is 11.1 Å². The van der Waals surface area contributed by atoms with Crippen LogP contribution < -0.4 is 15.4 Å². The summed E-state index contributed by atoms with van der Waals surface area (Å²) in [5.74, 6) is 0. The molecule has 0 fully saturated rings. The van der Waals surface area contributed by atoms with Crippen molar-refractivity contribution in [3.63, 3.8) is 0 Å². The van der Waals surface area contributed by atoms with Gasteiger partial charge in [0.25, 0.3) is 0 Å². The third-order valence-corrected chi connectivity index (χ3v) is 4.59. The first-order valence-corrected chi connectivity index (χ1v) is 7.84. The van der Waals surface area contributed by atoms with E-state index in [1.807, 2.05) is 43.3 Å². The van der Waals surface area contributed by atoms with Gasteiger partial charge in [0.05, 0.1) is 4.90 Å². The molecule has 0 aromatic heterocycles. The Hall–Kier alpha value is -1.34. The average molecular weight is 330 g/mol. The SMILES string of the molecule is CN(C)c1cccc2c(S(=O)(=O)NCCN)cccc12.Cl. The van der Waals surface area contributed by atoms with E-state index in [4.69, 9.17) is 5.73 Å². The largest absolute Gasteiger partial charge is 0.377 e. The maximum Gasteiger partial charge on any atom is 0.241 e. The average Bonchev–Trinajstić information content (AvgIpc) is 2.43. The molecule has 0 aliphatic carbocycles. The highest BCUT2D eigenvalue weighted by molar-refractivity contribution is 7.89. The molecule has 0 heterocycles. The van der Waals surface area contributed by atoms with Gasteiger partial charge in [-0.05, 0) is 12.1 Å². The molecule has 0 spiro atoms. The van der Waals surface area contributed by atoms with Gasteiger partial charge in [-0.25, -0.2) is 13.1 Å². The Morgan fingerprint density at radius 2 is 1.71 bits per heavy atom. The Morgan fingerprint density at radius 3 is 2.33 bits per heavy atom. The lowest BCUT2D eigenvalue weighted by Crippen LogP contribution is -2.29. The minimum absolute atomic E-state index is 0. The number of anilines is 1. The van der Waals surface area contributed by atoms with Gasteiger partial charge in [0, 0.05) is 43.6 Å². The Bertz CT molecular complexity index is 717. The van der Waals surface area contributed by atoms with Crippen molar-refractivity contribution in [3.8, 4) is 0 Å². The Morgan fingerprint density at radius 1 is 1.10 bits per heavy atom. The van der Waals surface area contributed by atoms with Gasteiger partial charge in [-0.3, -0.25) is 0 Å². The molecule has 7 heteroatoms. The molecule has 0 amide bonds. The summed E-state index contributed by atoms with van der Waals surface area (Å²) in [6, 6.07) is 10.9. The van der Waals surface area contributed by atoms with Gasteiger partial charge in [0.15, 0.2) is 0 Å². The molecule has 0 aliphatic rings. The third-order valence-electron chi connectivity index (χ3n) is 3.07. The van der Waals surface area contributed by atoms with E-state index >= 15 is 0 Å². The summed E-state index contributed by atoms with van der Waals surface area (Å²) in [6.07, 6.45) is 0. The van der Waals surface area contributed by atoms with E-state index in [0.29, 0.717) is 5.39 Å². The Labute approximate surface area is 131 Å². The van der Waals surface area contributed by atoms with Crippen molar-refractivity contribution in [1.29, 1.82) is 0 Å². The Balaban J connectivity index is 0.00000220. The van der Waals surface area contributed by atoms with Gasteiger partial charge in [-0.15, -0.1) is 12.4 Å². The second kappa shape index (κ2) is 7.09. The molecule has 116 valence electrons. The molecule has 0 aliphatic heterocycles. The molecule has 2 aromatic carbocycles. The monoisotopic (exact) mass is 329 g/mol. The van der Waals surface area contributed by atoms with Crippen molar-refractivity contribution in [2.24, 2.45) is 5.73 Å². The molecule has 5 nitrogen and oxygen atoms in total. The summed E-state index contributed by atoms with van der Waals surface area (Å²) >= 11 is 0. The van der Waals surface area contributed by atoms with Crippen molar-refractivity contribution in [2.75, 3.05) is 32.1 Å². The van der Waals surface area contributed by atoms with E-state index in [1.165, 1.54) is 0 Å². The zero-order valence-electron chi connectivity index (χ0n) is 12.0. The van der Waals surface area contributed by atoms with Crippen molar-refractivity contribution in [3.05, 3.63) is 36.4 Å². The highest BCUT2D eigenvalue weighted by atomic mass is 35.5. The quantitative estimate of drug-likeness (QED) is 0.873. The summed E-state index contributed by atoms with van der Waals surface area (Å²) in [5.41, 5.74) is 6.34. The number of hydrogen-bond donors (Lipinski definition) is 2. The molecule has 0 saturated carbocycles. The van der Waals surface area contributed by atoms with Crippen molar-refractivity contribution in [2.45, 2.75) is 4.90 Å². The van der Waals surface area contributed by atoms with Crippen LogP contribution in [0.2, 0.25) is 0 Å². The minimum Gasteiger partial charge on any atom is -0.377 e. The number of hydrogen-bond acceptors (Lipinski definition) is 4. The highest BCUT2D eigenvalue weighted by Crippen LogP contribution is 2.29. The van der Waals surface area contributed by atoms with Crippen LogP contribution in [0.15, 0.2) is 41.3 Å². The molecular weight excluding hydrogens is 310 g/mol. The summed E-state index contributed by atoms with van der Waals surface area (Å²) < 4.78 is 27.1. The van der Waals surface area contributed by atoms with Gasteiger partial charge in [-0.2, -0.15) is 0 Å².